The fourth-order valence-corrected chi connectivity index (χ4v) is 3.91. The summed E-state index contributed by atoms with van der Waals surface area (Å²) in [4.78, 5) is 17.0. The van der Waals surface area contributed by atoms with Gasteiger partial charge in [0, 0.05) is 26.1 Å². The molecule has 5 nitrogen and oxygen atoms in total. The minimum absolute atomic E-state index is 0.233. The van der Waals surface area contributed by atoms with Crippen molar-refractivity contribution < 1.29 is 9.53 Å². The van der Waals surface area contributed by atoms with Crippen LogP contribution in [-0.4, -0.2) is 74.2 Å². The number of nitrogens with one attached hydrogen (secondary N) is 1. The lowest BCUT2D eigenvalue weighted by Gasteiger charge is -2.29. The molecule has 0 saturated carbocycles. The Labute approximate surface area is 148 Å². The highest BCUT2D eigenvalue weighted by molar-refractivity contribution is 5.76. The number of hydrogen-bond donors (Lipinski definition) is 1. The van der Waals surface area contributed by atoms with E-state index in [1.165, 1.54) is 12.8 Å². The molecule has 0 bridgehead atoms. The van der Waals surface area contributed by atoms with Gasteiger partial charge in [-0.15, -0.1) is 0 Å². The van der Waals surface area contributed by atoms with Gasteiger partial charge in [0.15, 0.2) is 0 Å². The number of nitrogens with zero attached hydrogens (tertiary/aromatic N) is 2. The van der Waals surface area contributed by atoms with Gasteiger partial charge in [-0.2, -0.15) is 0 Å². The Morgan fingerprint density at radius 1 is 1.33 bits per heavy atom. The number of ether oxygens (including phenoxy) is 1. The van der Waals surface area contributed by atoms with Crippen molar-refractivity contribution in [2.75, 3.05) is 52.4 Å². The molecule has 0 spiro atoms. The molecule has 1 N–H and O–H groups in total. The van der Waals surface area contributed by atoms with Crippen LogP contribution in [0.1, 0.15) is 46.5 Å². The minimum atomic E-state index is 0.233. The van der Waals surface area contributed by atoms with Gasteiger partial charge in [-0.05, 0) is 57.3 Å². The number of piperidine rings is 1. The first-order valence-corrected chi connectivity index (χ1v) is 9.96. The number of carbonyl (C=O) groups is 1. The van der Waals surface area contributed by atoms with Crippen LogP contribution in [0.2, 0.25) is 0 Å². The number of rotatable bonds is 9. The van der Waals surface area contributed by atoms with E-state index in [-0.39, 0.29) is 6.10 Å². The summed E-state index contributed by atoms with van der Waals surface area (Å²) >= 11 is 0. The van der Waals surface area contributed by atoms with E-state index < -0.39 is 0 Å². The summed E-state index contributed by atoms with van der Waals surface area (Å²) in [5, 5.41) is 3.46. The maximum Gasteiger partial charge on any atom is 0.222 e. The zero-order valence-corrected chi connectivity index (χ0v) is 15.9. The lowest BCUT2D eigenvalue weighted by Crippen LogP contribution is -2.37. The Bertz CT molecular complexity index is 368. The smallest absolute Gasteiger partial charge is 0.222 e. The zero-order valence-electron chi connectivity index (χ0n) is 15.9. The average Bonchev–Trinajstić information content (AvgIpc) is 3.08. The third-order valence-corrected chi connectivity index (χ3v) is 5.79. The third kappa shape index (κ3) is 6.01. The van der Waals surface area contributed by atoms with Crippen LogP contribution in [0, 0.1) is 11.8 Å². The summed E-state index contributed by atoms with van der Waals surface area (Å²) in [5.41, 5.74) is 0. The van der Waals surface area contributed by atoms with Crippen molar-refractivity contribution in [3.63, 3.8) is 0 Å². The van der Waals surface area contributed by atoms with Crippen molar-refractivity contribution >= 4 is 5.91 Å². The second-order valence-electron chi connectivity index (χ2n) is 7.44. The predicted octanol–water partition coefficient (Wildman–Crippen LogP) is 1.97. The van der Waals surface area contributed by atoms with Crippen LogP contribution in [0.5, 0.6) is 0 Å². The molecule has 2 saturated heterocycles. The van der Waals surface area contributed by atoms with E-state index >= 15 is 0 Å². The fraction of sp³-hybridized carbons (Fsp3) is 0.947. The van der Waals surface area contributed by atoms with Crippen LogP contribution in [-0.2, 0) is 9.53 Å². The van der Waals surface area contributed by atoms with Gasteiger partial charge in [0.05, 0.1) is 12.7 Å². The van der Waals surface area contributed by atoms with Gasteiger partial charge < -0.3 is 19.9 Å². The van der Waals surface area contributed by atoms with Gasteiger partial charge in [0.25, 0.3) is 0 Å². The summed E-state index contributed by atoms with van der Waals surface area (Å²) in [6.07, 6.45) is 4.42. The molecule has 2 aliphatic rings. The predicted molar refractivity (Wildman–Crippen MR) is 98.1 cm³/mol. The van der Waals surface area contributed by atoms with Gasteiger partial charge in [-0.3, -0.25) is 4.79 Å². The largest absolute Gasteiger partial charge is 0.375 e. The van der Waals surface area contributed by atoms with E-state index in [4.69, 9.17) is 4.74 Å². The Kier molecular flexibility index (Phi) is 8.50. The van der Waals surface area contributed by atoms with Crippen molar-refractivity contribution in [3.05, 3.63) is 0 Å². The Morgan fingerprint density at radius 3 is 2.79 bits per heavy atom. The zero-order chi connectivity index (χ0) is 17.4. The molecule has 0 aromatic heterocycles. The number of hydrogen-bond acceptors (Lipinski definition) is 4. The second kappa shape index (κ2) is 10.4. The van der Waals surface area contributed by atoms with Crippen molar-refractivity contribution in [3.8, 4) is 0 Å². The maximum absolute atomic E-state index is 12.6. The van der Waals surface area contributed by atoms with E-state index in [9.17, 15) is 4.79 Å². The molecule has 3 unspecified atom stereocenters. The van der Waals surface area contributed by atoms with Crippen LogP contribution < -0.4 is 5.32 Å². The van der Waals surface area contributed by atoms with E-state index in [1.807, 2.05) is 4.90 Å². The van der Waals surface area contributed by atoms with Gasteiger partial charge in [-0.1, -0.05) is 20.8 Å². The summed E-state index contributed by atoms with van der Waals surface area (Å²) in [5.74, 6) is 1.46. The van der Waals surface area contributed by atoms with E-state index in [2.05, 4.69) is 31.0 Å². The van der Waals surface area contributed by atoms with Gasteiger partial charge in [-0.25, -0.2) is 0 Å². The SMILES string of the molecule is CCN(CC)CCOC1CCN(C(=O)CC(C)C2CCCNC2)C1. The summed E-state index contributed by atoms with van der Waals surface area (Å²) in [6, 6.07) is 0. The molecular formula is C19H37N3O2. The van der Waals surface area contributed by atoms with Crippen molar-refractivity contribution in [1.29, 1.82) is 0 Å². The molecule has 2 aliphatic heterocycles. The third-order valence-electron chi connectivity index (χ3n) is 5.79. The summed E-state index contributed by atoms with van der Waals surface area (Å²) in [6.45, 7) is 14.4. The topological polar surface area (TPSA) is 44.8 Å². The van der Waals surface area contributed by atoms with E-state index in [1.54, 1.807) is 0 Å². The van der Waals surface area contributed by atoms with Crippen LogP contribution in [0.4, 0.5) is 0 Å². The molecule has 140 valence electrons. The molecule has 2 heterocycles. The molecule has 2 rings (SSSR count). The molecule has 1 amide bonds. The maximum atomic E-state index is 12.6. The number of likely N-dealkylation sites (N-methyl/N-ethyl adjacent to an activating group) is 1. The lowest BCUT2D eigenvalue weighted by molar-refractivity contribution is -0.132. The first-order chi connectivity index (χ1) is 11.6. The summed E-state index contributed by atoms with van der Waals surface area (Å²) in [7, 11) is 0. The standard InChI is InChI=1S/C19H37N3O2/c1-4-21(5-2)11-12-24-18-8-10-22(15-18)19(23)13-16(3)17-7-6-9-20-14-17/h16-18,20H,4-15H2,1-3H3. The van der Waals surface area contributed by atoms with Gasteiger partial charge in [0.1, 0.15) is 0 Å². The molecule has 5 heteroatoms. The van der Waals surface area contributed by atoms with Gasteiger partial charge in [0.2, 0.25) is 5.91 Å². The van der Waals surface area contributed by atoms with Gasteiger partial charge >= 0.3 is 0 Å². The molecule has 0 aliphatic carbocycles. The number of carbonyl (C=O) groups excluding carboxylic acids is 1. The van der Waals surface area contributed by atoms with Crippen molar-refractivity contribution in [2.45, 2.75) is 52.6 Å². The highest BCUT2D eigenvalue weighted by Crippen LogP contribution is 2.24. The van der Waals surface area contributed by atoms with Crippen molar-refractivity contribution in [2.24, 2.45) is 11.8 Å². The second-order valence-corrected chi connectivity index (χ2v) is 7.44. The first kappa shape index (κ1) is 19.7. The van der Waals surface area contributed by atoms with Crippen LogP contribution >= 0.6 is 0 Å². The van der Waals surface area contributed by atoms with E-state index in [0.717, 1.165) is 58.8 Å². The van der Waals surface area contributed by atoms with Crippen LogP contribution in [0.25, 0.3) is 0 Å². The molecule has 24 heavy (non-hydrogen) atoms. The summed E-state index contributed by atoms with van der Waals surface area (Å²) < 4.78 is 5.99. The number of amides is 1. The molecular weight excluding hydrogens is 302 g/mol. The fourth-order valence-electron chi connectivity index (χ4n) is 3.91. The van der Waals surface area contributed by atoms with E-state index in [0.29, 0.717) is 24.2 Å². The number of likely N-dealkylation sites (tertiary alicyclic amines) is 1. The Morgan fingerprint density at radius 2 is 2.12 bits per heavy atom. The monoisotopic (exact) mass is 339 g/mol. The molecule has 2 fully saturated rings. The highest BCUT2D eigenvalue weighted by atomic mass is 16.5. The lowest BCUT2D eigenvalue weighted by atomic mass is 9.85. The Hall–Kier alpha value is -0.650. The quantitative estimate of drug-likeness (QED) is 0.698. The first-order valence-electron chi connectivity index (χ1n) is 9.96. The Balaban J connectivity index is 1.65. The van der Waals surface area contributed by atoms with Crippen LogP contribution in [0.3, 0.4) is 0 Å². The van der Waals surface area contributed by atoms with Crippen LogP contribution in [0.15, 0.2) is 0 Å². The molecule has 0 aromatic carbocycles. The average molecular weight is 340 g/mol. The highest BCUT2D eigenvalue weighted by Gasteiger charge is 2.29. The molecule has 0 radical (unpaired) electrons. The molecule has 0 aromatic rings. The van der Waals surface area contributed by atoms with Crippen molar-refractivity contribution in [1.82, 2.24) is 15.1 Å². The minimum Gasteiger partial charge on any atom is -0.375 e. The normalized spacial score (nSPS) is 26.1. The molecule has 3 atom stereocenters.